The number of nitrogens with two attached hydrogens (primary N) is 1. The van der Waals surface area contributed by atoms with Crippen molar-refractivity contribution in [2.45, 2.75) is 71.8 Å². The summed E-state index contributed by atoms with van der Waals surface area (Å²) in [5.74, 6) is 0.951. The molecule has 0 aromatic heterocycles. The van der Waals surface area contributed by atoms with Gasteiger partial charge in [0, 0.05) is 12.6 Å². The second-order valence-corrected chi connectivity index (χ2v) is 6.03. The molecule has 0 bridgehead atoms. The van der Waals surface area contributed by atoms with E-state index in [1.807, 2.05) is 0 Å². The summed E-state index contributed by atoms with van der Waals surface area (Å²) < 4.78 is 0. The Labute approximate surface area is 112 Å². The zero-order valence-electron chi connectivity index (χ0n) is 12.3. The molecule has 106 valence electrons. The Hall–Kier alpha value is -0.570. The van der Waals surface area contributed by atoms with Crippen molar-refractivity contribution < 1.29 is 4.79 Å². The van der Waals surface area contributed by atoms with E-state index >= 15 is 0 Å². The van der Waals surface area contributed by atoms with E-state index in [2.05, 4.69) is 26.1 Å². The monoisotopic (exact) mass is 254 g/mol. The standard InChI is InChI=1S/C15H30N2O/c1-4-6-13(5-2)17-14(18)15(11-16)9-7-12(3)8-10-15/h12-13H,4-11,16H2,1-3H3,(H,17,18). The molecule has 3 nitrogen and oxygen atoms in total. The lowest BCUT2D eigenvalue weighted by molar-refractivity contribution is -0.133. The van der Waals surface area contributed by atoms with Crippen LogP contribution >= 0.6 is 0 Å². The zero-order chi connectivity index (χ0) is 13.6. The fourth-order valence-electron chi connectivity index (χ4n) is 2.90. The molecule has 1 aliphatic rings. The summed E-state index contributed by atoms with van der Waals surface area (Å²) in [6, 6.07) is 0.324. The molecule has 3 heteroatoms. The minimum Gasteiger partial charge on any atom is -0.353 e. The van der Waals surface area contributed by atoms with Gasteiger partial charge >= 0.3 is 0 Å². The molecule has 1 aliphatic carbocycles. The van der Waals surface area contributed by atoms with Crippen molar-refractivity contribution in [3.63, 3.8) is 0 Å². The van der Waals surface area contributed by atoms with Crippen LogP contribution in [0.15, 0.2) is 0 Å². The van der Waals surface area contributed by atoms with Crippen molar-refractivity contribution in [2.24, 2.45) is 17.1 Å². The first kappa shape index (κ1) is 15.5. The first-order valence-corrected chi connectivity index (χ1v) is 7.59. The zero-order valence-corrected chi connectivity index (χ0v) is 12.3. The summed E-state index contributed by atoms with van der Waals surface area (Å²) in [5, 5.41) is 3.22. The number of hydrogen-bond acceptors (Lipinski definition) is 2. The normalized spacial score (nSPS) is 29.9. The SMILES string of the molecule is CCCC(CC)NC(=O)C1(CN)CCC(C)CC1. The number of carbonyl (C=O) groups excluding carboxylic acids is 1. The maximum absolute atomic E-state index is 12.5. The summed E-state index contributed by atoms with van der Waals surface area (Å²) in [6.45, 7) is 7.06. The van der Waals surface area contributed by atoms with Gasteiger partial charge in [0.1, 0.15) is 0 Å². The van der Waals surface area contributed by atoms with Crippen molar-refractivity contribution in [1.82, 2.24) is 5.32 Å². The highest BCUT2D eigenvalue weighted by atomic mass is 16.2. The van der Waals surface area contributed by atoms with Crippen LogP contribution in [-0.2, 0) is 4.79 Å². The summed E-state index contributed by atoms with van der Waals surface area (Å²) in [7, 11) is 0. The summed E-state index contributed by atoms with van der Waals surface area (Å²) in [6.07, 6.45) is 7.38. The average molecular weight is 254 g/mol. The van der Waals surface area contributed by atoms with Gasteiger partial charge in [0.2, 0.25) is 5.91 Å². The van der Waals surface area contributed by atoms with E-state index in [-0.39, 0.29) is 11.3 Å². The minimum absolute atomic E-state index is 0.206. The van der Waals surface area contributed by atoms with Gasteiger partial charge in [-0.1, -0.05) is 27.2 Å². The first-order valence-electron chi connectivity index (χ1n) is 7.59. The highest BCUT2D eigenvalue weighted by Gasteiger charge is 2.40. The topological polar surface area (TPSA) is 55.1 Å². The molecule has 0 aliphatic heterocycles. The molecule has 1 unspecified atom stereocenters. The van der Waals surface area contributed by atoms with Crippen LogP contribution in [0.1, 0.15) is 65.7 Å². The van der Waals surface area contributed by atoms with Gasteiger partial charge in [0.15, 0.2) is 0 Å². The van der Waals surface area contributed by atoms with Crippen LogP contribution in [0.4, 0.5) is 0 Å². The molecule has 1 amide bonds. The maximum atomic E-state index is 12.5. The molecule has 0 spiro atoms. The number of carbonyl (C=O) groups is 1. The Balaban J connectivity index is 2.61. The lowest BCUT2D eigenvalue weighted by Gasteiger charge is -2.38. The molecular formula is C15H30N2O. The summed E-state index contributed by atoms with van der Waals surface area (Å²) in [4.78, 5) is 12.5. The molecule has 0 radical (unpaired) electrons. The predicted molar refractivity (Wildman–Crippen MR) is 76.2 cm³/mol. The third kappa shape index (κ3) is 3.71. The highest BCUT2D eigenvalue weighted by molar-refractivity contribution is 5.83. The fraction of sp³-hybridized carbons (Fsp3) is 0.933. The molecule has 1 rings (SSSR count). The van der Waals surface area contributed by atoms with Crippen molar-refractivity contribution in [2.75, 3.05) is 6.54 Å². The van der Waals surface area contributed by atoms with Gasteiger partial charge in [-0.15, -0.1) is 0 Å². The van der Waals surface area contributed by atoms with E-state index in [1.54, 1.807) is 0 Å². The molecule has 18 heavy (non-hydrogen) atoms. The third-order valence-corrected chi connectivity index (χ3v) is 4.57. The van der Waals surface area contributed by atoms with E-state index in [1.165, 1.54) is 0 Å². The molecule has 0 aromatic rings. The Morgan fingerprint density at radius 3 is 2.44 bits per heavy atom. The maximum Gasteiger partial charge on any atom is 0.227 e. The molecule has 1 fully saturated rings. The summed E-state index contributed by atoms with van der Waals surface area (Å²) >= 11 is 0. The van der Waals surface area contributed by atoms with Gasteiger partial charge in [0.05, 0.1) is 5.41 Å². The van der Waals surface area contributed by atoms with Gasteiger partial charge in [-0.3, -0.25) is 4.79 Å². The highest BCUT2D eigenvalue weighted by Crippen LogP contribution is 2.38. The van der Waals surface area contributed by atoms with Crippen LogP contribution in [0.3, 0.4) is 0 Å². The van der Waals surface area contributed by atoms with Crippen LogP contribution < -0.4 is 11.1 Å². The molecular weight excluding hydrogens is 224 g/mol. The van der Waals surface area contributed by atoms with Gasteiger partial charge in [-0.25, -0.2) is 0 Å². The van der Waals surface area contributed by atoms with Crippen LogP contribution in [0.25, 0.3) is 0 Å². The van der Waals surface area contributed by atoms with Crippen molar-refractivity contribution in [1.29, 1.82) is 0 Å². The number of hydrogen-bond donors (Lipinski definition) is 2. The van der Waals surface area contributed by atoms with Gasteiger partial charge < -0.3 is 11.1 Å². The van der Waals surface area contributed by atoms with Crippen molar-refractivity contribution in [3.8, 4) is 0 Å². The fourth-order valence-corrected chi connectivity index (χ4v) is 2.90. The molecule has 0 aromatic carbocycles. The number of rotatable bonds is 6. The van der Waals surface area contributed by atoms with Crippen LogP contribution in [0, 0.1) is 11.3 Å². The van der Waals surface area contributed by atoms with Crippen LogP contribution in [0.5, 0.6) is 0 Å². The minimum atomic E-state index is -0.284. The van der Waals surface area contributed by atoms with Gasteiger partial charge in [-0.2, -0.15) is 0 Å². The Morgan fingerprint density at radius 1 is 1.39 bits per heavy atom. The molecule has 3 N–H and O–H groups in total. The second kappa shape index (κ2) is 7.13. The van der Waals surface area contributed by atoms with Gasteiger partial charge in [-0.05, 0) is 44.4 Å². The largest absolute Gasteiger partial charge is 0.353 e. The predicted octanol–water partition coefficient (Wildman–Crippen LogP) is 2.84. The lowest BCUT2D eigenvalue weighted by Crippen LogP contribution is -2.50. The lowest BCUT2D eigenvalue weighted by atomic mass is 9.70. The smallest absolute Gasteiger partial charge is 0.227 e. The Morgan fingerprint density at radius 2 is 2.00 bits per heavy atom. The quantitative estimate of drug-likeness (QED) is 0.766. The summed E-state index contributed by atoms with van der Waals surface area (Å²) in [5.41, 5.74) is 5.63. The Kier molecular flexibility index (Phi) is 6.13. The molecule has 0 heterocycles. The van der Waals surface area contributed by atoms with E-state index in [0.717, 1.165) is 50.9 Å². The third-order valence-electron chi connectivity index (χ3n) is 4.57. The van der Waals surface area contributed by atoms with E-state index in [4.69, 9.17) is 5.73 Å². The second-order valence-electron chi connectivity index (χ2n) is 6.03. The van der Waals surface area contributed by atoms with Gasteiger partial charge in [0.25, 0.3) is 0 Å². The molecule has 1 atom stereocenters. The number of nitrogens with one attached hydrogen (secondary N) is 1. The number of amides is 1. The molecule has 1 saturated carbocycles. The van der Waals surface area contributed by atoms with E-state index in [0.29, 0.717) is 12.6 Å². The van der Waals surface area contributed by atoms with Crippen molar-refractivity contribution >= 4 is 5.91 Å². The van der Waals surface area contributed by atoms with Crippen LogP contribution in [-0.4, -0.2) is 18.5 Å². The van der Waals surface area contributed by atoms with E-state index < -0.39 is 0 Å². The van der Waals surface area contributed by atoms with Crippen molar-refractivity contribution in [3.05, 3.63) is 0 Å². The average Bonchev–Trinajstić information content (AvgIpc) is 2.39. The molecule has 0 saturated heterocycles. The van der Waals surface area contributed by atoms with E-state index in [9.17, 15) is 4.79 Å². The van der Waals surface area contributed by atoms with Crippen LogP contribution in [0.2, 0.25) is 0 Å². The first-order chi connectivity index (χ1) is 8.57. The Bertz CT molecular complexity index is 257.